The van der Waals surface area contributed by atoms with Gasteiger partial charge in [-0.3, -0.25) is 0 Å². The average molecular weight is 286 g/mol. The molecule has 0 saturated carbocycles. The lowest BCUT2D eigenvalue weighted by atomic mass is 9.88. The van der Waals surface area contributed by atoms with Gasteiger partial charge in [-0.15, -0.1) is 0 Å². The maximum absolute atomic E-state index is 3.97. The van der Waals surface area contributed by atoms with Crippen molar-refractivity contribution in [2.45, 2.75) is 54.5 Å². The molecule has 0 unspecified atom stereocenters. The SMILES string of the molecule is CC(C)(C)Cc1ccccc1.CC(C)(C)Cn1ccnc1. The van der Waals surface area contributed by atoms with Crippen LogP contribution < -0.4 is 0 Å². The van der Waals surface area contributed by atoms with Gasteiger partial charge in [0, 0.05) is 18.9 Å². The molecule has 0 N–H and O–H groups in total. The molecule has 116 valence electrons. The summed E-state index contributed by atoms with van der Waals surface area (Å²) in [4.78, 5) is 3.97. The Labute approximate surface area is 130 Å². The number of imidazole rings is 1. The summed E-state index contributed by atoms with van der Waals surface area (Å²) in [6.07, 6.45) is 6.82. The Bertz CT molecular complexity index is 485. The summed E-state index contributed by atoms with van der Waals surface area (Å²) in [7, 11) is 0. The van der Waals surface area contributed by atoms with Gasteiger partial charge in [0.2, 0.25) is 0 Å². The van der Waals surface area contributed by atoms with E-state index in [4.69, 9.17) is 0 Å². The fourth-order valence-electron chi connectivity index (χ4n) is 2.14. The van der Waals surface area contributed by atoms with E-state index in [1.807, 2.05) is 18.7 Å². The highest BCUT2D eigenvalue weighted by Crippen LogP contribution is 2.19. The first-order valence-corrected chi connectivity index (χ1v) is 7.65. The predicted molar refractivity (Wildman–Crippen MR) is 91.3 cm³/mol. The highest BCUT2D eigenvalue weighted by atomic mass is 15.0. The standard InChI is InChI=1S/C11H16.C8H14N2/c1-11(2,3)9-10-7-5-4-6-8-10;1-8(2,3)6-10-5-4-9-7-10/h4-8H,9H2,1-3H3;4-5,7H,6H2,1-3H3. The maximum atomic E-state index is 3.97. The summed E-state index contributed by atoms with van der Waals surface area (Å²) in [5, 5.41) is 0. The lowest BCUT2D eigenvalue weighted by Crippen LogP contribution is -2.13. The van der Waals surface area contributed by atoms with Crippen molar-refractivity contribution in [1.82, 2.24) is 9.55 Å². The van der Waals surface area contributed by atoms with E-state index in [0.29, 0.717) is 10.8 Å². The zero-order valence-corrected chi connectivity index (χ0v) is 14.4. The van der Waals surface area contributed by atoms with Crippen LogP contribution in [0.5, 0.6) is 0 Å². The summed E-state index contributed by atoms with van der Waals surface area (Å²) in [5.41, 5.74) is 2.18. The van der Waals surface area contributed by atoms with Crippen molar-refractivity contribution >= 4 is 0 Å². The molecule has 0 bridgehead atoms. The summed E-state index contributed by atoms with van der Waals surface area (Å²) in [6, 6.07) is 10.6. The maximum Gasteiger partial charge on any atom is 0.0946 e. The molecule has 0 fully saturated rings. The van der Waals surface area contributed by atoms with E-state index in [-0.39, 0.29) is 0 Å². The number of nitrogens with zero attached hydrogens (tertiary/aromatic N) is 2. The molecule has 0 amide bonds. The monoisotopic (exact) mass is 286 g/mol. The van der Waals surface area contributed by atoms with Crippen molar-refractivity contribution in [2.75, 3.05) is 0 Å². The van der Waals surface area contributed by atoms with E-state index in [1.54, 1.807) is 0 Å². The molecule has 0 aliphatic heterocycles. The predicted octanol–water partition coefficient (Wildman–Crippen LogP) is 5.20. The van der Waals surface area contributed by atoms with Crippen molar-refractivity contribution in [1.29, 1.82) is 0 Å². The molecule has 2 aromatic rings. The largest absolute Gasteiger partial charge is 0.337 e. The Morgan fingerprint density at radius 2 is 1.52 bits per heavy atom. The molecule has 2 heteroatoms. The van der Waals surface area contributed by atoms with Crippen LogP contribution in [-0.2, 0) is 13.0 Å². The second-order valence-corrected chi connectivity index (χ2v) is 8.02. The molecule has 0 spiro atoms. The van der Waals surface area contributed by atoms with Crippen molar-refractivity contribution in [3.8, 4) is 0 Å². The van der Waals surface area contributed by atoms with Gasteiger partial charge in [-0.2, -0.15) is 0 Å². The minimum Gasteiger partial charge on any atom is -0.337 e. The molecule has 0 radical (unpaired) electrons. The third-order valence-corrected chi connectivity index (χ3v) is 2.79. The van der Waals surface area contributed by atoms with Crippen molar-refractivity contribution in [3.63, 3.8) is 0 Å². The Balaban J connectivity index is 0.000000211. The van der Waals surface area contributed by atoms with Gasteiger partial charge in [0.1, 0.15) is 0 Å². The molecule has 2 nitrogen and oxygen atoms in total. The lowest BCUT2D eigenvalue weighted by molar-refractivity contribution is 0.343. The molecule has 0 aliphatic carbocycles. The molecule has 0 saturated heterocycles. The fourth-order valence-corrected chi connectivity index (χ4v) is 2.14. The normalized spacial score (nSPS) is 11.7. The van der Waals surface area contributed by atoms with Gasteiger partial charge in [0.25, 0.3) is 0 Å². The third-order valence-electron chi connectivity index (χ3n) is 2.79. The Morgan fingerprint density at radius 3 is 1.95 bits per heavy atom. The third kappa shape index (κ3) is 9.06. The summed E-state index contributed by atoms with van der Waals surface area (Å²) >= 11 is 0. The summed E-state index contributed by atoms with van der Waals surface area (Å²) < 4.78 is 2.10. The van der Waals surface area contributed by atoms with Crippen LogP contribution in [-0.4, -0.2) is 9.55 Å². The van der Waals surface area contributed by atoms with Crippen LogP contribution in [0.25, 0.3) is 0 Å². The van der Waals surface area contributed by atoms with Crippen LogP contribution in [0.2, 0.25) is 0 Å². The number of hydrogen-bond acceptors (Lipinski definition) is 1. The van der Waals surface area contributed by atoms with Gasteiger partial charge in [-0.25, -0.2) is 4.98 Å². The quantitative estimate of drug-likeness (QED) is 0.741. The zero-order valence-electron chi connectivity index (χ0n) is 14.4. The highest BCUT2D eigenvalue weighted by molar-refractivity contribution is 5.15. The summed E-state index contributed by atoms with van der Waals surface area (Å²) in [5.74, 6) is 0. The molecule has 0 aliphatic rings. The Kier molecular flexibility index (Phi) is 6.19. The molecule has 1 aromatic carbocycles. The average Bonchev–Trinajstić information content (AvgIpc) is 2.79. The van der Waals surface area contributed by atoms with Crippen LogP contribution >= 0.6 is 0 Å². The van der Waals surface area contributed by atoms with Crippen LogP contribution in [0, 0.1) is 10.8 Å². The molecule has 2 rings (SSSR count). The molecular weight excluding hydrogens is 256 g/mol. The molecular formula is C19H30N2. The number of rotatable bonds is 2. The van der Waals surface area contributed by atoms with Gasteiger partial charge in [-0.05, 0) is 22.8 Å². The Morgan fingerprint density at radius 1 is 0.905 bits per heavy atom. The van der Waals surface area contributed by atoms with E-state index >= 15 is 0 Å². The second kappa shape index (κ2) is 7.44. The van der Waals surface area contributed by atoms with Crippen molar-refractivity contribution < 1.29 is 0 Å². The van der Waals surface area contributed by atoms with Crippen molar-refractivity contribution in [2.24, 2.45) is 10.8 Å². The van der Waals surface area contributed by atoms with E-state index in [0.717, 1.165) is 13.0 Å². The van der Waals surface area contributed by atoms with Gasteiger partial charge in [-0.1, -0.05) is 71.9 Å². The number of hydrogen-bond donors (Lipinski definition) is 0. The first-order valence-electron chi connectivity index (χ1n) is 7.65. The molecule has 1 heterocycles. The van der Waals surface area contributed by atoms with Crippen molar-refractivity contribution in [3.05, 3.63) is 54.6 Å². The fraction of sp³-hybridized carbons (Fsp3) is 0.526. The Hall–Kier alpha value is -1.57. The van der Waals surface area contributed by atoms with E-state index < -0.39 is 0 Å². The van der Waals surface area contributed by atoms with Gasteiger partial charge in [0.15, 0.2) is 0 Å². The zero-order chi connectivity index (χ0) is 15.9. The lowest BCUT2D eigenvalue weighted by Gasteiger charge is -2.17. The molecule has 21 heavy (non-hydrogen) atoms. The van der Waals surface area contributed by atoms with E-state index in [9.17, 15) is 0 Å². The molecule has 1 aromatic heterocycles. The van der Waals surface area contributed by atoms with Crippen LogP contribution in [0.3, 0.4) is 0 Å². The number of benzene rings is 1. The highest BCUT2D eigenvalue weighted by Gasteiger charge is 2.10. The van der Waals surface area contributed by atoms with Gasteiger partial charge >= 0.3 is 0 Å². The van der Waals surface area contributed by atoms with Crippen LogP contribution in [0.4, 0.5) is 0 Å². The van der Waals surface area contributed by atoms with E-state index in [1.165, 1.54) is 5.56 Å². The topological polar surface area (TPSA) is 17.8 Å². The first-order chi connectivity index (χ1) is 9.66. The van der Waals surface area contributed by atoms with Gasteiger partial charge in [0.05, 0.1) is 6.33 Å². The van der Waals surface area contributed by atoms with E-state index in [2.05, 4.69) is 81.4 Å². The first kappa shape index (κ1) is 17.5. The number of aromatic nitrogens is 2. The minimum atomic E-state index is 0.348. The van der Waals surface area contributed by atoms with Crippen LogP contribution in [0.15, 0.2) is 49.1 Å². The summed E-state index contributed by atoms with van der Waals surface area (Å²) in [6.45, 7) is 14.5. The minimum absolute atomic E-state index is 0.348. The smallest absolute Gasteiger partial charge is 0.0946 e. The molecule has 0 atom stereocenters. The van der Waals surface area contributed by atoms with Gasteiger partial charge < -0.3 is 4.57 Å². The second-order valence-electron chi connectivity index (χ2n) is 8.02. The van der Waals surface area contributed by atoms with Crippen LogP contribution in [0.1, 0.15) is 47.1 Å².